The Balaban J connectivity index is 3.94. The molecular formula is C10H21N3OS. The standard InChI is InChI=1S/C10H21N3OS/c1-8(9(11)15)10(14)13(4)7-5-6-12(2)3/h8H,5-7H2,1-4H3,(H2,11,15). The van der Waals surface area contributed by atoms with Crippen LogP contribution in [0.2, 0.25) is 0 Å². The Kier molecular flexibility index (Phi) is 6.43. The highest BCUT2D eigenvalue weighted by Gasteiger charge is 2.19. The van der Waals surface area contributed by atoms with Crippen molar-refractivity contribution in [1.29, 1.82) is 0 Å². The van der Waals surface area contributed by atoms with Gasteiger partial charge in [-0.15, -0.1) is 0 Å². The van der Waals surface area contributed by atoms with E-state index in [2.05, 4.69) is 4.90 Å². The van der Waals surface area contributed by atoms with Crippen molar-refractivity contribution in [3.8, 4) is 0 Å². The quantitative estimate of drug-likeness (QED) is 0.669. The van der Waals surface area contributed by atoms with Crippen LogP contribution in [0.4, 0.5) is 0 Å². The van der Waals surface area contributed by atoms with Gasteiger partial charge < -0.3 is 15.5 Å². The Morgan fingerprint density at radius 1 is 1.33 bits per heavy atom. The summed E-state index contributed by atoms with van der Waals surface area (Å²) in [6.45, 7) is 3.45. The van der Waals surface area contributed by atoms with E-state index in [-0.39, 0.29) is 16.8 Å². The Morgan fingerprint density at radius 3 is 2.27 bits per heavy atom. The van der Waals surface area contributed by atoms with Gasteiger partial charge in [0.15, 0.2) is 0 Å². The summed E-state index contributed by atoms with van der Waals surface area (Å²) >= 11 is 4.79. The molecule has 0 aliphatic heterocycles. The topological polar surface area (TPSA) is 49.6 Å². The molecule has 4 nitrogen and oxygen atoms in total. The fourth-order valence-electron chi connectivity index (χ4n) is 1.19. The average Bonchev–Trinajstić information content (AvgIpc) is 2.14. The summed E-state index contributed by atoms with van der Waals surface area (Å²) in [5, 5.41) is 0. The minimum atomic E-state index is -0.357. The minimum absolute atomic E-state index is 0.00116. The van der Waals surface area contributed by atoms with Gasteiger partial charge in [0.05, 0.1) is 10.9 Å². The van der Waals surface area contributed by atoms with Gasteiger partial charge in [-0.1, -0.05) is 12.2 Å². The molecule has 0 fully saturated rings. The van der Waals surface area contributed by atoms with E-state index in [1.165, 1.54) is 0 Å². The van der Waals surface area contributed by atoms with E-state index in [4.69, 9.17) is 18.0 Å². The Morgan fingerprint density at radius 2 is 1.87 bits per heavy atom. The second-order valence-corrected chi connectivity index (χ2v) is 4.51. The molecule has 5 heteroatoms. The van der Waals surface area contributed by atoms with Crippen molar-refractivity contribution in [2.24, 2.45) is 11.7 Å². The highest BCUT2D eigenvalue weighted by molar-refractivity contribution is 7.80. The van der Waals surface area contributed by atoms with Crippen LogP contribution in [0.5, 0.6) is 0 Å². The fourth-order valence-corrected chi connectivity index (χ4v) is 1.29. The van der Waals surface area contributed by atoms with Crippen LogP contribution in [0.15, 0.2) is 0 Å². The molecule has 0 aromatic rings. The number of rotatable bonds is 6. The van der Waals surface area contributed by atoms with Crippen LogP contribution in [-0.2, 0) is 4.79 Å². The van der Waals surface area contributed by atoms with Gasteiger partial charge in [0.25, 0.3) is 0 Å². The van der Waals surface area contributed by atoms with Crippen molar-refractivity contribution >= 4 is 23.1 Å². The van der Waals surface area contributed by atoms with E-state index in [1.54, 1.807) is 18.9 Å². The molecule has 0 spiro atoms. The van der Waals surface area contributed by atoms with Crippen molar-refractivity contribution < 1.29 is 4.79 Å². The zero-order chi connectivity index (χ0) is 12.0. The third-order valence-corrected chi connectivity index (χ3v) is 2.63. The largest absolute Gasteiger partial charge is 0.393 e. The summed E-state index contributed by atoms with van der Waals surface area (Å²) in [5.41, 5.74) is 5.43. The highest BCUT2D eigenvalue weighted by Crippen LogP contribution is 2.02. The first-order chi connectivity index (χ1) is 6.86. The van der Waals surface area contributed by atoms with Crippen LogP contribution in [0.25, 0.3) is 0 Å². The lowest BCUT2D eigenvalue weighted by atomic mass is 10.1. The van der Waals surface area contributed by atoms with Crippen LogP contribution in [0, 0.1) is 5.92 Å². The third kappa shape index (κ3) is 5.69. The summed E-state index contributed by atoms with van der Waals surface area (Å²) in [6, 6.07) is 0. The zero-order valence-corrected chi connectivity index (χ0v) is 10.8. The lowest BCUT2D eigenvalue weighted by molar-refractivity contribution is -0.131. The van der Waals surface area contributed by atoms with Gasteiger partial charge in [-0.3, -0.25) is 4.79 Å². The second-order valence-electron chi connectivity index (χ2n) is 4.04. The third-order valence-electron chi connectivity index (χ3n) is 2.27. The van der Waals surface area contributed by atoms with Gasteiger partial charge in [-0.05, 0) is 34.0 Å². The van der Waals surface area contributed by atoms with E-state index in [1.807, 2.05) is 14.1 Å². The maximum absolute atomic E-state index is 11.7. The molecule has 0 heterocycles. The molecule has 0 rings (SSSR count). The number of nitrogens with zero attached hydrogens (tertiary/aromatic N) is 2. The van der Waals surface area contributed by atoms with Crippen molar-refractivity contribution in [3.05, 3.63) is 0 Å². The number of hydrogen-bond acceptors (Lipinski definition) is 3. The molecule has 0 saturated carbocycles. The number of nitrogens with two attached hydrogens (primary N) is 1. The molecule has 2 N–H and O–H groups in total. The Bertz CT molecular complexity index is 231. The van der Waals surface area contributed by atoms with Gasteiger partial charge in [-0.25, -0.2) is 0 Å². The summed E-state index contributed by atoms with van der Waals surface area (Å²) in [4.78, 5) is 15.7. The number of carbonyl (C=O) groups is 1. The molecule has 1 atom stereocenters. The van der Waals surface area contributed by atoms with Gasteiger partial charge in [-0.2, -0.15) is 0 Å². The molecular weight excluding hydrogens is 210 g/mol. The SMILES string of the molecule is CC(C(=O)N(C)CCCN(C)C)C(N)=S. The van der Waals surface area contributed by atoms with Crippen LogP contribution in [0.3, 0.4) is 0 Å². The first kappa shape index (κ1) is 14.3. The minimum Gasteiger partial charge on any atom is -0.393 e. The summed E-state index contributed by atoms with van der Waals surface area (Å²) < 4.78 is 0. The number of amides is 1. The van der Waals surface area contributed by atoms with Gasteiger partial charge in [0, 0.05) is 13.6 Å². The molecule has 0 aromatic heterocycles. The van der Waals surface area contributed by atoms with E-state index < -0.39 is 0 Å². The van der Waals surface area contributed by atoms with E-state index in [0.29, 0.717) is 0 Å². The maximum atomic E-state index is 11.7. The molecule has 1 unspecified atom stereocenters. The van der Waals surface area contributed by atoms with Crippen molar-refractivity contribution in [1.82, 2.24) is 9.80 Å². The van der Waals surface area contributed by atoms with Crippen LogP contribution in [-0.4, -0.2) is 54.9 Å². The Labute approximate surface area is 97.4 Å². The molecule has 0 bridgehead atoms. The number of carbonyl (C=O) groups excluding carboxylic acids is 1. The lowest BCUT2D eigenvalue weighted by Crippen LogP contribution is -2.38. The maximum Gasteiger partial charge on any atom is 0.231 e. The molecule has 0 saturated heterocycles. The van der Waals surface area contributed by atoms with E-state index in [9.17, 15) is 4.79 Å². The number of thiocarbonyl (C=S) groups is 1. The number of hydrogen-bond donors (Lipinski definition) is 1. The fraction of sp³-hybridized carbons (Fsp3) is 0.800. The van der Waals surface area contributed by atoms with Crippen LogP contribution in [0.1, 0.15) is 13.3 Å². The first-order valence-corrected chi connectivity index (χ1v) is 5.46. The van der Waals surface area contributed by atoms with Crippen molar-refractivity contribution in [2.45, 2.75) is 13.3 Å². The van der Waals surface area contributed by atoms with Gasteiger partial charge in [0.1, 0.15) is 0 Å². The molecule has 0 radical (unpaired) electrons. The lowest BCUT2D eigenvalue weighted by Gasteiger charge is -2.21. The summed E-state index contributed by atoms with van der Waals surface area (Å²) in [5.74, 6) is -0.356. The smallest absolute Gasteiger partial charge is 0.231 e. The van der Waals surface area contributed by atoms with E-state index in [0.717, 1.165) is 19.5 Å². The van der Waals surface area contributed by atoms with E-state index >= 15 is 0 Å². The van der Waals surface area contributed by atoms with Gasteiger partial charge in [0.2, 0.25) is 5.91 Å². The average molecular weight is 231 g/mol. The second kappa shape index (κ2) is 6.74. The monoisotopic (exact) mass is 231 g/mol. The van der Waals surface area contributed by atoms with Crippen LogP contribution >= 0.6 is 12.2 Å². The molecule has 0 aromatic carbocycles. The Hall–Kier alpha value is -0.680. The van der Waals surface area contributed by atoms with Crippen molar-refractivity contribution in [3.63, 3.8) is 0 Å². The molecule has 0 aliphatic rings. The molecule has 0 aliphatic carbocycles. The molecule has 88 valence electrons. The molecule has 1 amide bonds. The van der Waals surface area contributed by atoms with Gasteiger partial charge >= 0.3 is 0 Å². The predicted octanol–water partition coefficient (Wildman–Crippen LogP) is 0.319. The summed E-state index contributed by atoms with van der Waals surface area (Å²) in [6.07, 6.45) is 0.958. The van der Waals surface area contributed by atoms with Crippen LogP contribution < -0.4 is 5.73 Å². The highest BCUT2D eigenvalue weighted by atomic mass is 32.1. The normalized spacial score (nSPS) is 12.6. The zero-order valence-electron chi connectivity index (χ0n) is 9.99. The summed E-state index contributed by atoms with van der Waals surface area (Å²) in [7, 11) is 5.81. The molecule has 15 heavy (non-hydrogen) atoms. The first-order valence-electron chi connectivity index (χ1n) is 5.05. The predicted molar refractivity (Wildman–Crippen MR) is 66.8 cm³/mol. The van der Waals surface area contributed by atoms with Crippen molar-refractivity contribution in [2.75, 3.05) is 34.2 Å².